The van der Waals surface area contributed by atoms with Crippen molar-refractivity contribution in [3.8, 4) is 11.3 Å². The maximum Gasteiger partial charge on any atom is 0.104 e. The Morgan fingerprint density at radius 3 is 2.19 bits per heavy atom. The molecule has 1 heterocycles. The van der Waals surface area contributed by atoms with Crippen molar-refractivity contribution < 1.29 is 0 Å². The molecular weight excluding hydrogens is 430 g/mol. The Morgan fingerprint density at radius 1 is 0.905 bits per heavy atom. The average molecular weight is 441 g/mol. The van der Waals surface area contributed by atoms with Crippen molar-refractivity contribution in [3.05, 3.63) is 67.9 Å². The predicted molar refractivity (Wildman–Crippen MR) is 99.0 cm³/mol. The van der Waals surface area contributed by atoms with Crippen LogP contribution < -0.4 is 0 Å². The van der Waals surface area contributed by atoms with Crippen molar-refractivity contribution >= 4 is 55.0 Å². The van der Waals surface area contributed by atoms with Crippen LogP contribution in [0, 0.1) is 0 Å². The van der Waals surface area contributed by atoms with Crippen LogP contribution >= 0.6 is 55.0 Å². The van der Waals surface area contributed by atoms with Crippen molar-refractivity contribution in [2.75, 3.05) is 0 Å². The summed E-state index contributed by atoms with van der Waals surface area (Å²) in [5.41, 5.74) is 2.22. The van der Waals surface area contributed by atoms with Crippen LogP contribution in [0.3, 0.4) is 0 Å². The average Bonchev–Trinajstić information content (AvgIpc) is 2.96. The topological polar surface area (TPSA) is 12.9 Å². The third kappa shape index (κ3) is 4.19. The standard InChI is InChI=1S/C16H11Br2NS2/c17-12-3-1-11(2-4-12)15-9-21-16(19-15)10-20-14-7-5-13(18)6-8-14/h1-9H,10H2. The Balaban J connectivity index is 1.67. The monoisotopic (exact) mass is 439 g/mol. The van der Waals surface area contributed by atoms with Gasteiger partial charge in [-0.15, -0.1) is 23.1 Å². The molecule has 0 aliphatic rings. The van der Waals surface area contributed by atoms with E-state index in [2.05, 4.69) is 73.6 Å². The first-order valence-electron chi connectivity index (χ1n) is 6.29. The molecule has 0 saturated carbocycles. The van der Waals surface area contributed by atoms with E-state index in [4.69, 9.17) is 4.98 Å². The highest BCUT2D eigenvalue weighted by Gasteiger charge is 2.05. The lowest BCUT2D eigenvalue weighted by Crippen LogP contribution is -1.81. The van der Waals surface area contributed by atoms with Crippen molar-refractivity contribution in [2.45, 2.75) is 10.6 Å². The molecule has 0 N–H and O–H groups in total. The zero-order valence-corrected chi connectivity index (χ0v) is 15.7. The third-order valence-electron chi connectivity index (χ3n) is 2.87. The van der Waals surface area contributed by atoms with Crippen molar-refractivity contribution in [1.82, 2.24) is 4.98 Å². The number of benzene rings is 2. The molecule has 5 heteroatoms. The molecule has 2 aromatic carbocycles. The van der Waals surface area contributed by atoms with E-state index >= 15 is 0 Å². The predicted octanol–water partition coefficient (Wildman–Crippen LogP) is 6.63. The van der Waals surface area contributed by atoms with Gasteiger partial charge in [0.15, 0.2) is 0 Å². The number of thiazole rings is 1. The minimum atomic E-state index is 0.906. The first-order chi connectivity index (χ1) is 10.2. The van der Waals surface area contributed by atoms with Crippen LogP contribution in [0.5, 0.6) is 0 Å². The number of aromatic nitrogens is 1. The molecule has 0 bridgehead atoms. The minimum absolute atomic E-state index is 0.906. The maximum atomic E-state index is 4.72. The second-order valence-corrected chi connectivity index (χ2v) is 8.20. The molecule has 0 aliphatic heterocycles. The molecular formula is C16H11Br2NS2. The molecule has 0 saturated heterocycles. The zero-order valence-electron chi connectivity index (χ0n) is 10.9. The Morgan fingerprint density at radius 2 is 1.52 bits per heavy atom. The van der Waals surface area contributed by atoms with Gasteiger partial charge in [-0.2, -0.15) is 0 Å². The van der Waals surface area contributed by atoms with Crippen LogP contribution in [-0.2, 0) is 5.75 Å². The van der Waals surface area contributed by atoms with E-state index < -0.39 is 0 Å². The summed E-state index contributed by atoms with van der Waals surface area (Å²) in [7, 11) is 0. The normalized spacial score (nSPS) is 10.8. The van der Waals surface area contributed by atoms with Gasteiger partial charge in [0.25, 0.3) is 0 Å². The van der Waals surface area contributed by atoms with Gasteiger partial charge in [0, 0.05) is 24.8 Å². The second kappa shape index (κ2) is 7.09. The van der Waals surface area contributed by atoms with E-state index in [1.165, 1.54) is 4.90 Å². The fourth-order valence-electron chi connectivity index (χ4n) is 1.81. The van der Waals surface area contributed by atoms with Gasteiger partial charge in [-0.3, -0.25) is 0 Å². The van der Waals surface area contributed by atoms with Crippen LogP contribution in [0.1, 0.15) is 5.01 Å². The molecule has 1 aromatic heterocycles. The zero-order chi connectivity index (χ0) is 14.7. The Labute approximate surface area is 149 Å². The molecule has 3 aromatic rings. The molecule has 0 amide bonds. The van der Waals surface area contributed by atoms with Crippen molar-refractivity contribution in [3.63, 3.8) is 0 Å². The summed E-state index contributed by atoms with van der Waals surface area (Å²) in [6.45, 7) is 0. The van der Waals surface area contributed by atoms with Crippen LogP contribution in [0.4, 0.5) is 0 Å². The summed E-state index contributed by atoms with van der Waals surface area (Å²) in [5.74, 6) is 0.906. The van der Waals surface area contributed by atoms with Gasteiger partial charge in [0.2, 0.25) is 0 Å². The first-order valence-corrected chi connectivity index (χ1v) is 9.74. The van der Waals surface area contributed by atoms with Crippen LogP contribution in [0.2, 0.25) is 0 Å². The van der Waals surface area contributed by atoms with E-state index in [-0.39, 0.29) is 0 Å². The quantitative estimate of drug-likeness (QED) is 0.422. The maximum absolute atomic E-state index is 4.72. The summed E-state index contributed by atoms with van der Waals surface area (Å²) in [5, 5.41) is 3.28. The molecule has 0 aliphatic carbocycles. The summed E-state index contributed by atoms with van der Waals surface area (Å²) < 4.78 is 2.20. The lowest BCUT2D eigenvalue weighted by molar-refractivity contribution is 1.26. The lowest BCUT2D eigenvalue weighted by Gasteiger charge is -1.99. The number of hydrogen-bond acceptors (Lipinski definition) is 3. The first kappa shape index (κ1) is 15.3. The van der Waals surface area contributed by atoms with Gasteiger partial charge in [-0.25, -0.2) is 4.98 Å². The highest BCUT2D eigenvalue weighted by atomic mass is 79.9. The number of hydrogen-bond donors (Lipinski definition) is 0. The summed E-state index contributed by atoms with van der Waals surface area (Å²) in [4.78, 5) is 5.98. The van der Waals surface area contributed by atoms with Gasteiger partial charge < -0.3 is 0 Å². The Hall–Kier alpha value is -0.620. The molecule has 106 valence electrons. The largest absolute Gasteiger partial charge is 0.240 e. The Bertz CT molecular complexity index is 721. The highest BCUT2D eigenvalue weighted by Crippen LogP contribution is 2.29. The van der Waals surface area contributed by atoms with Gasteiger partial charge in [0.1, 0.15) is 5.01 Å². The molecule has 21 heavy (non-hydrogen) atoms. The Kier molecular flexibility index (Phi) is 5.16. The van der Waals surface area contributed by atoms with E-state index in [0.717, 1.165) is 31.0 Å². The van der Waals surface area contributed by atoms with E-state index in [1.54, 1.807) is 11.3 Å². The molecule has 1 nitrogen and oxygen atoms in total. The molecule has 0 fully saturated rings. The third-order valence-corrected chi connectivity index (χ3v) is 5.98. The molecule has 0 spiro atoms. The molecule has 0 unspecified atom stereocenters. The number of rotatable bonds is 4. The van der Waals surface area contributed by atoms with Gasteiger partial charge in [0.05, 0.1) is 11.4 Å². The summed E-state index contributed by atoms with van der Waals surface area (Å²) in [6, 6.07) is 16.6. The summed E-state index contributed by atoms with van der Waals surface area (Å²) in [6.07, 6.45) is 0. The van der Waals surface area contributed by atoms with Crippen LogP contribution in [0.15, 0.2) is 67.8 Å². The van der Waals surface area contributed by atoms with E-state index in [1.807, 2.05) is 23.9 Å². The van der Waals surface area contributed by atoms with E-state index in [9.17, 15) is 0 Å². The molecule has 3 rings (SSSR count). The molecule has 0 atom stereocenters. The minimum Gasteiger partial charge on any atom is -0.240 e. The summed E-state index contributed by atoms with van der Waals surface area (Å²) >= 11 is 10.4. The number of nitrogens with zero attached hydrogens (tertiary/aromatic N) is 1. The number of thioether (sulfide) groups is 1. The molecule has 0 radical (unpaired) electrons. The van der Waals surface area contributed by atoms with E-state index in [0.29, 0.717) is 0 Å². The SMILES string of the molecule is Brc1ccc(SCc2nc(-c3ccc(Br)cc3)cs2)cc1. The number of halogens is 2. The van der Waals surface area contributed by atoms with Crippen LogP contribution in [-0.4, -0.2) is 4.98 Å². The fourth-order valence-corrected chi connectivity index (χ4v) is 4.05. The van der Waals surface area contributed by atoms with Crippen molar-refractivity contribution in [2.24, 2.45) is 0 Å². The van der Waals surface area contributed by atoms with Gasteiger partial charge >= 0.3 is 0 Å². The van der Waals surface area contributed by atoms with Crippen LogP contribution in [0.25, 0.3) is 11.3 Å². The fraction of sp³-hybridized carbons (Fsp3) is 0.0625. The lowest BCUT2D eigenvalue weighted by atomic mass is 10.2. The second-order valence-electron chi connectivity index (χ2n) is 4.38. The smallest absolute Gasteiger partial charge is 0.104 e. The van der Waals surface area contributed by atoms with Gasteiger partial charge in [-0.1, -0.05) is 44.0 Å². The van der Waals surface area contributed by atoms with Gasteiger partial charge in [-0.05, 0) is 36.4 Å². The highest BCUT2D eigenvalue weighted by molar-refractivity contribution is 9.10. The van der Waals surface area contributed by atoms with Crippen molar-refractivity contribution in [1.29, 1.82) is 0 Å².